The number of halogens is 2. The molecular formula is C58H62Cl2Zr. The zero-order chi connectivity index (χ0) is 41.9. The molecule has 0 nitrogen and oxygen atoms in total. The first kappa shape index (κ1) is 46.6. The number of hydrogen-bond donors (Lipinski definition) is 0. The van der Waals surface area contributed by atoms with Crippen LogP contribution in [0.4, 0.5) is 0 Å². The third kappa shape index (κ3) is 9.01. The summed E-state index contributed by atoms with van der Waals surface area (Å²) in [6, 6.07) is 41.0. The summed E-state index contributed by atoms with van der Waals surface area (Å²) in [6.07, 6.45) is 8.70. The molecule has 0 heterocycles. The van der Waals surface area contributed by atoms with Crippen LogP contribution in [-0.2, 0) is 27.7 Å². The molecule has 0 bridgehead atoms. The van der Waals surface area contributed by atoms with Crippen LogP contribution in [0.15, 0.2) is 124 Å². The standard InChI is InChI=1S/C31H29.C15H14.C12H19.2ClH.Zr/c1-18-11-20(3)30(21(4)12-18)24-7-9-28-26(15-24)17-27-16-25(8-10-29(27)28)31-22(5)13-19(2)14-23(31)6;1-12-3-7-14(8-4-12)11-15-9-5-13(2)6-10-15;1-5-6-10-7-8-11(9-10)12(2,3)4;;;/h7-15H,17H2,1-6H3;3-10H,1-2H3;8-10H,5-6H2,1-4H3;2*1H;/q;;;;;+2/p-2. The van der Waals surface area contributed by atoms with Crippen LogP contribution in [0, 0.1) is 66.7 Å². The summed E-state index contributed by atoms with van der Waals surface area (Å²) in [4.78, 5) is 0. The molecule has 0 spiro atoms. The Kier molecular flexibility index (Phi) is 14.1. The van der Waals surface area contributed by atoms with Gasteiger partial charge in [0.25, 0.3) is 0 Å². The van der Waals surface area contributed by atoms with E-state index in [4.69, 9.17) is 0 Å². The molecule has 1 atom stereocenters. The Morgan fingerprint density at radius 3 is 1.57 bits per heavy atom. The fourth-order valence-electron chi connectivity index (χ4n) is 10.4. The number of aryl methyl sites for hydroxylation is 8. The van der Waals surface area contributed by atoms with E-state index >= 15 is 0 Å². The molecule has 0 aliphatic heterocycles. The molecule has 0 amide bonds. The second-order valence-corrected chi connectivity index (χ2v) is 24.7. The van der Waals surface area contributed by atoms with E-state index in [1.54, 1.807) is 15.3 Å². The average molecular weight is 921 g/mol. The van der Waals surface area contributed by atoms with Crippen molar-refractivity contribution < 1.29 is 46.1 Å². The quantitative estimate of drug-likeness (QED) is 0.143. The third-order valence-electron chi connectivity index (χ3n) is 13.0. The minimum atomic E-state index is -3.20. The van der Waals surface area contributed by atoms with E-state index in [2.05, 4.69) is 198 Å². The van der Waals surface area contributed by atoms with Crippen LogP contribution >= 0.6 is 0 Å². The van der Waals surface area contributed by atoms with Crippen LogP contribution in [0.5, 0.6) is 0 Å². The topological polar surface area (TPSA) is 0 Å². The van der Waals surface area contributed by atoms with Crippen molar-refractivity contribution in [2.75, 3.05) is 0 Å². The molecule has 0 aromatic heterocycles. The van der Waals surface area contributed by atoms with Gasteiger partial charge in [0.1, 0.15) is 0 Å². The summed E-state index contributed by atoms with van der Waals surface area (Å²) in [5.74, 6) is 0.432. The van der Waals surface area contributed by atoms with Crippen LogP contribution in [-0.4, -0.2) is 3.21 Å². The smallest absolute Gasteiger partial charge is 1.00 e. The predicted octanol–water partition coefficient (Wildman–Crippen LogP) is 8.87. The molecule has 0 saturated carbocycles. The molecule has 0 N–H and O–H groups in total. The maximum absolute atomic E-state index is 3.20. The van der Waals surface area contributed by atoms with Crippen LogP contribution in [0.2, 0.25) is 0 Å². The van der Waals surface area contributed by atoms with E-state index in [0.29, 0.717) is 5.92 Å². The van der Waals surface area contributed by atoms with Crippen molar-refractivity contribution in [3.63, 3.8) is 0 Å². The predicted molar refractivity (Wildman–Crippen MR) is 253 cm³/mol. The van der Waals surface area contributed by atoms with Crippen molar-refractivity contribution in [1.29, 1.82) is 0 Å². The number of benzene rings is 6. The molecule has 6 aromatic carbocycles. The summed E-state index contributed by atoms with van der Waals surface area (Å²) < 4.78 is 5.00. The SMILES string of the molecule is CCCC1C=C(C(C)(C)C)C=[C]1[Zr+2](=[C](c1ccc(C)cc1)c1ccc(C)cc1)[c]1c(-c2c(C)cc(C)cc2C)ccc2c1Cc1cc(-c3c(C)cc(C)cc3C)ccc1-2.[Cl-].[Cl-]. The minimum Gasteiger partial charge on any atom is -1.00 e. The van der Waals surface area contributed by atoms with Gasteiger partial charge in [0.05, 0.1) is 0 Å². The number of fused-ring (bicyclic) bond motifs is 3. The Hall–Kier alpha value is -3.87. The molecule has 0 saturated heterocycles. The van der Waals surface area contributed by atoms with Gasteiger partial charge >= 0.3 is 366 Å². The van der Waals surface area contributed by atoms with Gasteiger partial charge in [-0.3, -0.25) is 0 Å². The number of rotatable bonds is 8. The fourth-order valence-corrected chi connectivity index (χ4v) is 19.3. The second kappa shape index (κ2) is 18.5. The maximum Gasteiger partial charge on any atom is -1.00 e. The first-order chi connectivity index (χ1) is 28.1. The normalized spacial score (nSPS) is 13.9. The minimum absolute atomic E-state index is 0. The van der Waals surface area contributed by atoms with Gasteiger partial charge in [-0.1, -0.05) is 0 Å². The van der Waals surface area contributed by atoms with Gasteiger partial charge in [0.2, 0.25) is 0 Å². The monoisotopic (exact) mass is 918 g/mol. The van der Waals surface area contributed by atoms with E-state index in [-0.39, 0.29) is 30.2 Å². The van der Waals surface area contributed by atoms with E-state index < -0.39 is 21.3 Å². The van der Waals surface area contributed by atoms with Crippen molar-refractivity contribution in [3.05, 3.63) is 191 Å². The first-order valence-corrected chi connectivity index (χ1v) is 25.6. The molecular weight excluding hydrogens is 859 g/mol. The summed E-state index contributed by atoms with van der Waals surface area (Å²) in [5.41, 5.74) is 26.6. The number of allylic oxidation sites excluding steroid dienone is 4. The Labute approximate surface area is 387 Å². The third-order valence-corrected chi connectivity index (χ3v) is 21.0. The van der Waals surface area contributed by atoms with E-state index in [9.17, 15) is 0 Å². The van der Waals surface area contributed by atoms with Crippen molar-refractivity contribution in [1.82, 2.24) is 0 Å². The van der Waals surface area contributed by atoms with Gasteiger partial charge in [-0.15, -0.1) is 0 Å². The van der Waals surface area contributed by atoms with Crippen molar-refractivity contribution >= 4 is 6.48 Å². The Bertz CT molecular complexity index is 2640. The zero-order valence-electron chi connectivity index (χ0n) is 38.4. The zero-order valence-corrected chi connectivity index (χ0v) is 42.4. The second-order valence-electron chi connectivity index (χ2n) is 19.0. The van der Waals surface area contributed by atoms with Gasteiger partial charge in [0, 0.05) is 0 Å². The van der Waals surface area contributed by atoms with Gasteiger partial charge in [-0.05, 0) is 0 Å². The van der Waals surface area contributed by atoms with Gasteiger partial charge in [0.15, 0.2) is 0 Å². The molecule has 3 heteroatoms. The largest absolute Gasteiger partial charge is 1.00 e. The van der Waals surface area contributed by atoms with Crippen LogP contribution in [0.25, 0.3) is 33.4 Å². The maximum atomic E-state index is 2.72. The summed E-state index contributed by atoms with van der Waals surface area (Å²) in [7, 11) is 0. The molecule has 2 aliphatic carbocycles. The van der Waals surface area contributed by atoms with Gasteiger partial charge in [-0.2, -0.15) is 0 Å². The molecule has 8 rings (SSSR count). The molecule has 312 valence electrons. The molecule has 0 radical (unpaired) electrons. The van der Waals surface area contributed by atoms with E-state index in [0.717, 1.165) is 6.42 Å². The van der Waals surface area contributed by atoms with E-state index in [1.807, 2.05) is 0 Å². The summed E-state index contributed by atoms with van der Waals surface area (Å²) >= 11 is -3.20. The molecule has 1 unspecified atom stereocenters. The fraction of sp³-hybridized carbons (Fsp3) is 0.293. The van der Waals surface area contributed by atoms with Crippen molar-refractivity contribution in [3.8, 4) is 33.4 Å². The van der Waals surface area contributed by atoms with Crippen LogP contribution in [0.3, 0.4) is 0 Å². The van der Waals surface area contributed by atoms with Crippen molar-refractivity contribution in [2.24, 2.45) is 11.3 Å². The molecule has 6 aromatic rings. The Morgan fingerprint density at radius 1 is 0.574 bits per heavy atom. The molecule has 61 heavy (non-hydrogen) atoms. The first-order valence-electron chi connectivity index (χ1n) is 21.9. The van der Waals surface area contributed by atoms with Gasteiger partial charge < -0.3 is 24.8 Å². The molecule has 2 aliphatic rings. The van der Waals surface area contributed by atoms with Crippen LogP contribution in [0.1, 0.15) is 107 Å². The van der Waals surface area contributed by atoms with Crippen molar-refractivity contribution in [2.45, 2.75) is 102 Å². The Balaban J connectivity index is 0.00000311. The average Bonchev–Trinajstić information content (AvgIpc) is 3.76. The summed E-state index contributed by atoms with van der Waals surface area (Å²) in [6.45, 7) is 27.8. The van der Waals surface area contributed by atoms with E-state index in [1.165, 1.54) is 113 Å². The van der Waals surface area contributed by atoms with Gasteiger partial charge in [-0.25, -0.2) is 0 Å². The Morgan fingerprint density at radius 2 is 1.07 bits per heavy atom. The summed E-state index contributed by atoms with van der Waals surface area (Å²) in [5, 5.41) is 0. The van der Waals surface area contributed by atoms with Crippen LogP contribution < -0.4 is 28.1 Å². The number of hydrogen-bond acceptors (Lipinski definition) is 0. The molecule has 0 fully saturated rings.